The highest BCUT2D eigenvalue weighted by atomic mass is 19.1. The maximum absolute atomic E-state index is 13.1. The third-order valence-electron chi connectivity index (χ3n) is 5.50. The molecule has 5 aromatic rings. The zero-order valence-corrected chi connectivity index (χ0v) is 18.7. The van der Waals surface area contributed by atoms with E-state index in [0.717, 1.165) is 11.1 Å². The lowest BCUT2D eigenvalue weighted by atomic mass is 10.1. The zero-order valence-electron chi connectivity index (χ0n) is 18.7. The molecular formula is C27H18FN5O3. The molecular weight excluding hydrogens is 461 g/mol. The molecule has 0 aliphatic heterocycles. The second-order valence-electron chi connectivity index (χ2n) is 7.95. The van der Waals surface area contributed by atoms with E-state index in [2.05, 4.69) is 25.8 Å². The van der Waals surface area contributed by atoms with Crippen molar-refractivity contribution in [2.24, 2.45) is 5.18 Å². The molecule has 1 aromatic heterocycles. The molecule has 176 valence electrons. The number of halogens is 1. The van der Waals surface area contributed by atoms with Crippen molar-refractivity contribution in [2.75, 3.05) is 10.6 Å². The van der Waals surface area contributed by atoms with Crippen LogP contribution in [0.4, 0.5) is 21.5 Å². The summed E-state index contributed by atoms with van der Waals surface area (Å²) in [6, 6.07) is 23.8. The van der Waals surface area contributed by atoms with Gasteiger partial charge in [-0.15, -0.1) is 4.91 Å². The average Bonchev–Trinajstić information content (AvgIpc) is 3.34. The maximum atomic E-state index is 13.1. The van der Waals surface area contributed by atoms with Crippen LogP contribution in [-0.4, -0.2) is 21.8 Å². The zero-order chi connectivity index (χ0) is 25.1. The number of rotatable bonds is 6. The van der Waals surface area contributed by atoms with Crippen LogP contribution in [0.3, 0.4) is 0 Å². The Bertz CT molecular complexity index is 1580. The highest BCUT2D eigenvalue weighted by Gasteiger charge is 2.12. The Morgan fingerprint density at radius 3 is 1.97 bits per heavy atom. The molecule has 0 bridgehead atoms. The van der Waals surface area contributed by atoms with E-state index < -0.39 is 0 Å². The van der Waals surface area contributed by atoms with Crippen LogP contribution in [0.1, 0.15) is 20.7 Å². The summed E-state index contributed by atoms with van der Waals surface area (Å²) in [6.07, 6.45) is 0. The number of aromatic nitrogens is 2. The quantitative estimate of drug-likeness (QED) is 0.249. The first kappa shape index (κ1) is 22.6. The summed E-state index contributed by atoms with van der Waals surface area (Å²) in [6.45, 7) is 0. The first-order valence-corrected chi connectivity index (χ1v) is 10.9. The fourth-order valence-corrected chi connectivity index (χ4v) is 3.61. The molecule has 8 nitrogen and oxygen atoms in total. The fraction of sp³-hybridized carbons (Fsp3) is 0. The van der Waals surface area contributed by atoms with Crippen molar-refractivity contribution in [1.29, 1.82) is 0 Å². The number of aromatic amines is 1. The van der Waals surface area contributed by atoms with Gasteiger partial charge in [-0.1, -0.05) is 0 Å². The van der Waals surface area contributed by atoms with Crippen molar-refractivity contribution in [1.82, 2.24) is 9.97 Å². The number of benzene rings is 4. The summed E-state index contributed by atoms with van der Waals surface area (Å²) in [5.74, 6) is -0.409. The Balaban J connectivity index is 1.29. The molecule has 9 heteroatoms. The van der Waals surface area contributed by atoms with Gasteiger partial charge in [-0.3, -0.25) is 9.59 Å². The highest BCUT2D eigenvalue weighted by Crippen LogP contribution is 2.24. The number of carbonyl (C=O) groups is 2. The molecule has 3 N–H and O–H groups in total. The Hall–Kier alpha value is -5.18. The Morgan fingerprint density at radius 1 is 0.750 bits per heavy atom. The number of fused-ring (bicyclic) bond motifs is 1. The van der Waals surface area contributed by atoms with E-state index in [-0.39, 0.29) is 23.3 Å². The largest absolute Gasteiger partial charge is 0.338 e. The number of nitroso groups, excluding NO2 is 1. The van der Waals surface area contributed by atoms with E-state index in [1.807, 2.05) is 12.1 Å². The van der Waals surface area contributed by atoms with Gasteiger partial charge in [-0.2, -0.15) is 0 Å². The summed E-state index contributed by atoms with van der Waals surface area (Å²) in [5.41, 5.74) is 4.33. The first-order chi connectivity index (χ1) is 17.5. The van der Waals surface area contributed by atoms with Gasteiger partial charge in [0, 0.05) is 28.1 Å². The van der Waals surface area contributed by atoms with E-state index in [1.54, 1.807) is 30.3 Å². The minimum Gasteiger partial charge on any atom is -0.338 e. The van der Waals surface area contributed by atoms with Crippen LogP contribution < -0.4 is 10.6 Å². The molecule has 5 rings (SSSR count). The van der Waals surface area contributed by atoms with Crippen LogP contribution in [0, 0.1) is 10.7 Å². The Labute approximate surface area is 204 Å². The molecule has 0 aliphatic carbocycles. The third-order valence-corrected chi connectivity index (χ3v) is 5.50. The number of hydrogen-bond acceptors (Lipinski definition) is 5. The summed E-state index contributed by atoms with van der Waals surface area (Å²) >= 11 is 0. The Kier molecular flexibility index (Phi) is 6.02. The fourth-order valence-electron chi connectivity index (χ4n) is 3.61. The molecule has 4 aromatic carbocycles. The van der Waals surface area contributed by atoms with Gasteiger partial charge in [0.25, 0.3) is 11.8 Å². The van der Waals surface area contributed by atoms with Crippen LogP contribution >= 0.6 is 0 Å². The molecule has 0 saturated carbocycles. The molecule has 0 aliphatic rings. The lowest BCUT2D eigenvalue weighted by molar-refractivity contribution is 0.101. The number of nitrogens with one attached hydrogen (secondary N) is 3. The number of hydrogen-bond donors (Lipinski definition) is 3. The monoisotopic (exact) mass is 479 g/mol. The molecule has 0 atom stereocenters. The summed E-state index contributed by atoms with van der Waals surface area (Å²) < 4.78 is 13.1. The standard InChI is InChI=1S/C27H18FN5O3/c28-19-6-12-21(13-7-19)30-27(35)18-5-14-23-24(15-18)32-25(31-23)16-1-8-20(9-2-16)29-26(34)17-3-10-22(33-36)11-4-17/h1-15H,(H,29,34)(H,30,35)(H,31,32). The van der Waals surface area contributed by atoms with Gasteiger partial charge >= 0.3 is 0 Å². The number of H-pyrrole nitrogens is 1. The van der Waals surface area contributed by atoms with Crippen molar-refractivity contribution in [3.63, 3.8) is 0 Å². The summed E-state index contributed by atoms with van der Waals surface area (Å²) in [4.78, 5) is 43.3. The number of carbonyl (C=O) groups excluding carboxylic acids is 2. The third kappa shape index (κ3) is 4.85. The van der Waals surface area contributed by atoms with E-state index >= 15 is 0 Å². The van der Waals surface area contributed by atoms with Gasteiger partial charge in [0.15, 0.2) is 0 Å². The van der Waals surface area contributed by atoms with Crippen LogP contribution in [0.2, 0.25) is 0 Å². The van der Waals surface area contributed by atoms with Crippen molar-refractivity contribution < 1.29 is 14.0 Å². The van der Waals surface area contributed by atoms with Crippen molar-refractivity contribution >= 4 is 39.9 Å². The number of amides is 2. The molecule has 1 heterocycles. The predicted octanol–water partition coefficient (Wildman–Crippen LogP) is 6.27. The summed E-state index contributed by atoms with van der Waals surface area (Å²) in [7, 11) is 0. The van der Waals surface area contributed by atoms with Crippen LogP contribution in [0.5, 0.6) is 0 Å². The second-order valence-corrected chi connectivity index (χ2v) is 7.95. The van der Waals surface area contributed by atoms with E-state index in [9.17, 15) is 18.9 Å². The Morgan fingerprint density at radius 2 is 1.33 bits per heavy atom. The smallest absolute Gasteiger partial charge is 0.255 e. The van der Waals surface area contributed by atoms with Gasteiger partial charge in [0.2, 0.25) is 0 Å². The molecule has 36 heavy (non-hydrogen) atoms. The predicted molar refractivity (Wildman–Crippen MR) is 136 cm³/mol. The second kappa shape index (κ2) is 9.59. The maximum Gasteiger partial charge on any atom is 0.255 e. The van der Waals surface area contributed by atoms with Gasteiger partial charge in [-0.25, -0.2) is 9.37 Å². The average molecular weight is 479 g/mol. The normalized spacial score (nSPS) is 10.7. The van der Waals surface area contributed by atoms with E-state index in [0.29, 0.717) is 33.8 Å². The van der Waals surface area contributed by atoms with Crippen molar-refractivity contribution in [2.45, 2.75) is 0 Å². The van der Waals surface area contributed by atoms with Gasteiger partial charge < -0.3 is 15.6 Å². The molecule has 0 spiro atoms. The van der Waals surface area contributed by atoms with E-state index in [4.69, 9.17) is 0 Å². The van der Waals surface area contributed by atoms with Gasteiger partial charge in [-0.05, 0) is 96.2 Å². The molecule has 0 saturated heterocycles. The SMILES string of the molecule is O=Nc1ccc(C(=O)Nc2ccc(-c3nc4cc(C(=O)Nc5ccc(F)cc5)ccc4[nH]3)cc2)cc1. The van der Waals surface area contributed by atoms with Crippen molar-refractivity contribution in [3.05, 3.63) is 113 Å². The molecule has 0 fully saturated rings. The van der Waals surface area contributed by atoms with E-state index in [1.165, 1.54) is 48.5 Å². The number of imidazole rings is 1. The van der Waals surface area contributed by atoms with Gasteiger partial charge in [0.1, 0.15) is 17.3 Å². The molecule has 2 amide bonds. The lowest BCUT2D eigenvalue weighted by Crippen LogP contribution is -2.11. The van der Waals surface area contributed by atoms with Crippen LogP contribution in [-0.2, 0) is 0 Å². The number of nitrogens with zero attached hydrogens (tertiary/aromatic N) is 2. The molecule has 0 unspecified atom stereocenters. The lowest BCUT2D eigenvalue weighted by Gasteiger charge is -2.06. The van der Waals surface area contributed by atoms with Crippen LogP contribution in [0.15, 0.2) is 96.2 Å². The number of anilines is 2. The minimum absolute atomic E-state index is 0.252. The van der Waals surface area contributed by atoms with Gasteiger partial charge in [0.05, 0.1) is 11.0 Å². The van der Waals surface area contributed by atoms with Crippen molar-refractivity contribution in [3.8, 4) is 11.4 Å². The first-order valence-electron chi connectivity index (χ1n) is 10.9. The highest BCUT2D eigenvalue weighted by molar-refractivity contribution is 6.06. The topological polar surface area (TPSA) is 116 Å². The summed E-state index contributed by atoms with van der Waals surface area (Å²) in [5, 5.41) is 8.35. The molecule has 0 radical (unpaired) electrons. The van der Waals surface area contributed by atoms with Crippen LogP contribution in [0.25, 0.3) is 22.4 Å². The minimum atomic E-state index is -0.378.